The third kappa shape index (κ3) is 7.34. The van der Waals surface area contributed by atoms with E-state index in [1.54, 1.807) is 91.0 Å². The molecule has 0 heterocycles. The third-order valence-electron chi connectivity index (χ3n) is 7.69. The molecular weight excluding hydrogens is 612 g/mol. The Balaban J connectivity index is 0.000000188. The quantitative estimate of drug-likeness (QED) is 0.108. The van der Waals surface area contributed by atoms with Gasteiger partial charge in [-0.15, -0.1) is 0 Å². The molecule has 0 aromatic heterocycles. The van der Waals surface area contributed by atoms with Gasteiger partial charge in [0.05, 0.1) is 25.3 Å². The van der Waals surface area contributed by atoms with Crippen LogP contribution in [0.5, 0.6) is 11.5 Å². The van der Waals surface area contributed by atoms with Crippen LogP contribution in [0.3, 0.4) is 0 Å². The summed E-state index contributed by atoms with van der Waals surface area (Å²) in [7, 11) is 2.66. The number of ether oxygens (including phenoxy) is 2. The Morgan fingerprint density at radius 1 is 0.646 bits per heavy atom. The first-order valence-electron chi connectivity index (χ1n) is 14.9. The van der Waals surface area contributed by atoms with Gasteiger partial charge in [-0.25, -0.2) is 9.59 Å². The van der Waals surface area contributed by atoms with Gasteiger partial charge in [-0.2, -0.15) is 0 Å². The number of benzene rings is 5. The van der Waals surface area contributed by atoms with Gasteiger partial charge in [0.2, 0.25) is 0 Å². The minimum absolute atomic E-state index is 0.126. The number of phenols is 2. The fourth-order valence-corrected chi connectivity index (χ4v) is 5.11. The molecule has 0 bridgehead atoms. The fraction of sp³-hybridized carbons (Fsp3) is 0.105. The van der Waals surface area contributed by atoms with Crippen molar-refractivity contribution in [2.24, 2.45) is 0 Å². The molecule has 1 aliphatic carbocycles. The average molecular weight is 645 g/mol. The van der Waals surface area contributed by atoms with E-state index < -0.39 is 11.9 Å². The number of hydrogen-bond acceptors (Lipinski definition) is 10. The molecule has 0 radical (unpaired) electrons. The van der Waals surface area contributed by atoms with Gasteiger partial charge in [-0.3, -0.25) is 9.59 Å². The summed E-state index contributed by atoms with van der Waals surface area (Å²) in [6.07, 6.45) is 1.38. The summed E-state index contributed by atoms with van der Waals surface area (Å²) in [5, 5.41) is 28.0. The first-order valence-corrected chi connectivity index (χ1v) is 14.9. The van der Waals surface area contributed by atoms with Crippen LogP contribution in [0.25, 0.3) is 10.8 Å². The van der Waals surface area contributed by atoms with Crippen LogP contribution in [0.2, 0.25) is 0 Å². The molecule has 48 heavy (non-hydrogen) atoms. The largest absolute Gasteiger partial charge is 0.507 e. The number of hydrogen-bond donors (Lipinski definition) is 4. The van der Waals surface area contributed by atoms with Crippen molar-refractivity contribution in [1.29, 1.82) is 0 Å². The second kappa shape index (κ2) is 14.8. The Morgan fingerprint density at radius 3 is 1.71 bits per heavy atom. The topological polar surface area (TPSA) is 151 Å². The maximum Gasteiger partial charge on any atom is 0.337 e. The van der Waals surface area contributed by atoms with Crippen molar-refractivity contribution >= 4 is 45.7 Å². The summed E-state index contributed by atoms with van der Waals surface area (Å²) < 4.78 is 9.29. The minimum Gasteiger partial charge on any atom is -0.507 e. The Morgan fingerprint density at radius 2 is 1.15 bits per heavy atom. The molecule has 5 aromatic rings. The zero-order valence-electron chi connectivity index (χ0n) is 26.2. The van der Waals surface area contributed by atoms with Gasteiger partial charge >= 0.3 is 11.9 Å². The second-order valence-electron chi connectivity index (χ2n) is 10.7. The molecule has 10 heteroatoms. The Hall–Kier alpha value is -6.42. The minimum atomic E-state index is -0.408. The molecule has 242 valence electrons. The molecule has 0 atom stereocenters. The van der Waals surface area contributed by atoms with Gasteiger partial charge in [0.25, 0.3) is 0 Å². The van der Waals surface area contributed by atoms with Crippen LogP contribution in [-0.4, -0.2) is 54.5 Å². The lowest BCUT2D eigenvalue weighted by molar-refractivity contribution is 0.0592. The van der Waals surface area contributed by atoms with Crippen molar-refractivity contribution in [1.82, 2.24) is 0 Å². The van der Waals surface area contributed by atoms with Gasteiger partial charge in [0.15, 0.2) is 11.6 Å². The standard InChI is InChI=1S/C19H17NO4.C19H15NO4/c2*1-24-19(23)12-6-8-14(9-7-12)20-11-13-10-17(21)15-4-2-3-5-16(15)18(13)22/h2-10,20-22H,11H2,1H3;2-10,20H,11H2,1H3. The molecule has 10 nitrogen and oxygen atoms in total. The zero-order valence-corrected chi connectivity index (χ0v) is 26.2. The number of anilines is 2. The van der Waals surface area contributed by atoms with Gasteiger partial charge in [-0.1, -0.05) is 48.5 Å². The third-order valence-corrected chi connectivity index (χ3v) is 7.69. The van der Waals surface area contributed by atoms with Crippen LogP contribution >= 0.6 is 0 Å². The van der Waals surface area contributed by atoms with E-state index in [1.807, 2.05) is 12.1 Å². The number of aromatic hydroxyl groups is 2. The molecule has 1 aliphatic rings. The number of phenolic OH excluding ortho intramolecular Hbond substituents is 2. The van der Waals surface area contributed by atoms with E-state index in [-0.39, 0.29) is 29.6 Å². The van der Waals surface area contributed by atoms with Crippen molar-refractivity contribution in [3.63, 3.8) is 0 Å². The number of carbonyl (C=O) groups is 4. The monoisotopic (exact) mass is 644 g/mol. The maximum absolute atomic E-state index is 12.4. The molecule has 6 rings (SSSR count). The normalized spacial score (nSPS) is 11.8. The number of fused-ring (bicyclic) bond motifs is 2. The van der Waals surface area contributed by atoms with E-state index >= 15 is 0 Å². The van der Waals surface area contributed by atoms with Gasteiger partial charge in [0, 0.05) is 57.5 Å². The summed E-state index contributed by atoms with van der Waals surface area (Å²) in [4.78, 5) is 47.3. The van der Waals surface area contributed by atoms with E-state index in [0.717, 1.165) is 11.4 Å². The van der Waals surface area contributed by atoms with Gasteiger partial charge in [0.1, 0.15) is 11.5 Å². The highest BCUT2D eigenvalue weighted by atomic mass is 16.5. The molecular formula is C38H32N2O8. The SMILES string of the molecule is COC(=O)c1ccc(NCC2=CC(=O)c3ccccc3C2=O)cc1.COC(=O)c1ccc(NCc2cc(O)c3ccccc3c2O)cc1. The summed E-state index contributed by atoms with van der Waals surface area (Å²) in [5.41, 5.74) is 4.31. The van der Waals surface area contributed by atoms with Crippen LogP contribution < -0.4 is 10.6 Å². The Bertz CT molecular complexity index is 2030. The molecule has 0 amide bonds. The maximum atomic E-state index is 12.4. The Labute approximate surface area is 276 Å². The van der Waals surface area contributed by atoms with Crippen molar-refractivity contribution in [2.45, 2.75) is 6.54 Å². The molecule has 5 aromatic carbocycles. The average Bonchev–Trinajstić information content (AvgIpc) is 3.13. The predicted octanol–water partition coefficient (Wildman–Crippen LogP) is 6.54. The summed E-state index contributed by atoms with van der Waals surface area (Å²) in [6.45, 7) is 0.568. The first kappa shape index (κ1) is 33.0. The zero-order chi connectivity index (χ0) is 34.2. The number of Topliss-reactive ketones (excluding diaryl/α,β-unsaturated/α-hetero) is 1. The van der Waals surface area contributed by atoms with Crippen LogP contribution in [-0.2, 0) is 16.0 Å². The number of allylic oxidation sites excluding steroid dienone is 1. The summed E-state index contributed by atoms with van der Waals surface area (Å²) in [5.74, 6) is -0.845. The highest BCUT2D eigenvalue weighted by molar-refractivity contribution is 6.24. The molecule has 0 saturated carbocycles. The molecule has 0 unspecified atom stereocenters. The first-order chi connectivity index (χ1) is 23.2. The van der Waals surface area contributed by atoms with Crippen molar-refractivity contribution in [3.05, 3.63) is 143 Å². The van der Waals surface area contributed by atoms with Crippen LogP contribution in [0.15, 0.2) is 115 Å². The van der Waals surface area contributed by atoms with Crippen LogP contribution in [0.4, 0.5) is 11.4 Å². The molecule has 0 aliphatic heterocycles. The highest BCUT2D eigenvalue weighted by Crippen LogP contribution is 2.35. The number of ketones is 2. The number of methoxy groups -OCH3 is 2. The smallest absolute Gasteiger partial charge is 0.337 e. The second-order valence-corrected chi connectivity index (χ2v) is 10.7. The van der Waals surface area contributed by atoms with Gasteiger partial charge < -0.3 is 30.3 Å². The van der Waals surface area contributed by atoms with E-state index in [1.165, 1.54) is 20.3 Å². The number of carbonyl (C=O) groups excluding carboxylic acids is 4. The number of esters is 2. The molecule has 0 saturated heterocycles. The van der Waals surface area contributed by atoms with Crippen LogP contribution in [0, 0.1) is 0 Å². The molecule has 4 N–H and O–H groups in total. The molecule has 0 spiro atoms. The molecule has 0 fully saturated rings. The van der Waals surface area contributed by atoms with E-state index in [4.69, 9.17) is 0 Å². The lowest BCUT2D eigenvalue weighted by Crippen LogP contribution is -2.21. The van der Waals surface area contributed by atoms with Crippen molar-refractivity contribution < 1.29 is 38.9 Å². The lowest BCUT2D eigenvalue weighted by Gasteiger charge is -2.16. The lowest BCUT2D eigenvalue weighted by atomic mass is 9.89. The predicted molar refractivity (Wildman–Crippen MR) is 182 cm³/mol. The van der Waals surface area contributed by atoms with E-state index in [0.29, 0.717) is 50.7 Å². The van der Waals surface area contributed by atoms with Crippen molar-refractivity contribution in [2.75, 3.05) is 31.4 Å². The highest BCUT2D eigenvalue weighted by Gasteiger charge is 2.24. The Kier molecular flexibility index (Phi) is 10.1. The summed E-state index contributed by atoms with van der Waals surface area (Å²) in [6, 6.07) is 29.0. The number of rotatable bonds is 8. The van der Waals surface area contributed by atoms with Crippen molar-refractivity contribution in [3.8, 4) is 11.5 Å². The fourth-order valence-electron chi connectivity index (χ4n) is 5.11. The van der Waals surface area contributed by atoms with Gasteiger partial charge in [-0.05, 0) is 60.7 Å². The number of nitrogens with one attached hydrogen (secondary N) is 2. The van der Waals surface area contributed by atoms with Crippen LogP contribution in [0.1, 0.15) is 47.0 Å². The van der Waals surface area contributed by atoms with E-state index in [2.05, 4.69) is 20.1 Å². The summed E-state index contributed by atoms with van der Waals surface area (Å²) >= 11 is 0. The van der Waals surface area contributed by atoms with E-state index in [9.17, 15) is 29.4 Å².